The fourth-order valence-electron chi connectivity index (χ4n) is 5.05. The topological polar surface area (TPSA) is 63.8 Å². The summed E-state index contributed by atoms with van der Waals surface area (Å²) in [6.45, 7) is 8.80. The minimum absolute atomic E-state index is 0.0574. The molecule has 0 N–H and O–H groups in total. The summed E-state index contributed by atoms with van der Waals surface area (Å²) in [7, 11) is 1.71. The standard InChI is InChI=1S/C21H33NO5/c1-14(2)7-8-16-20(3,27-16)18-17(24-4)15(9-10-21(18)13-25-21)26-19(23)22-11-5-6-12-22/h7-8,14-18H,5-6,9-13H2,1-4H3. The first-order valence-electron chi connectivity index (χ1n) is 10.4. The van der Waals surface area contributed by atoms with Crippen LogP contribution in [-0.2, 0) is 18.9 Å². The van der Waals surface area contributed by atoms with Crippen molar-refractivity contribution in [1.29, 1.82) is 0 Å². The second-order valence-corrected chi connectivity index (χ2v) is 9.04. The maximum Gasteiger partial charge on any atom is 0.410 e. The summed E-state index contributed by atoms with van der Waals surface area (Å²) in [5, 5.41) is 0. The first-order valence-corrected chi connectivity index (χ1v) is 10.4. The fourth-order valence-corrected chi connectivity index (χ4v) is 5.05. The molecule has 1 aliphatic carbocycles. The zero-order valence-electron chi connectivity index (χ0n) is 17.0. The average Bonchev–Trinajstić information content (AvgIpc) is 3.46. The molecule has 6 unspecified atom stereocenters. The number of hydrogen-bond acceptors (Lipinski definition) is 5. The summed E-state index contributed by atoms with van der Waals surface area (Å²) >= 11 is 0. The van der Waals surface area contributed by atoms with Gasteiger partial charge in [0.05, 0.1) is 12.5 Å². The van der Waals surface area contributed by atoms with Crippen molar-refractivity contribution >= 4 is 6.09 Å². The van der Waals surface area contributed by atoms with Crippen LogP contribution in [0.5, 0.6) is 0 Å². The molecule has 0 radical (unpaired) electrons. The number of likely N-dealkylation sites (tertiary alicyclic amines) is 1. The predicted octanol–water partition coefficient (Wildman–Crippen LogP) is 3.15. The van der Waals surface area contributed by atoms with Crippen molar-refractivity contribution in [2.45, 2.75) is 76.0 Å². The molecule has 0 bridgehead atoms. The van der Waals surface area contributed by atoms with Crippen molar-refractivity contribution in [1.82, 2.24) is 4.90 Å². The summed E-state index contributed by atoms with van der Waals surface area (Å²) < 4.78 is 23.9. The molecule has 0 aromatic rings. The monoisotopic (exact) mass is 379 g/mol. The van der Waals surface area contributed by atoms with E-state index in [-0.39, 0.29) is 41.5 Å². The molecule has 4 fully saturated rings. The molecule has 1 spiro atoms. The highest BCUT2D eigenvalue weighted by molar-refractivity contribution is 5.68. The van der Waals surface area contributed by atoms with Crippen LogP contribution in [-0.4, -0.2) is 67.3 Å². The van der Waals surface area contributed by atoms with Gasteiger partial charge >= 0.3 is 6.09 Å². The Morgan fingerprint density at radius 1 is 1.30 bits per heavy atom. The lowest BCUT2D eigenvalue weighted by molar-refractivity contribution is -0.121. The lowest BCUT2D eigenvalue weighted by atomic mass is 9.68. The molecule has 4 rings (SSSR count). The smallest absolute Gasteiger partial charge is 0.410 e. The van der Waals surface area contributed by atoms with Crippen molar-refractivity contribution < 1.29 is 23.7 Å². The van der Waals surface area contributed by atoms with Crippen molar-refractivity contribution in [3.63, 3.8) is 0 Å². The minimum atomic E-state index is -0.332. The van der Waals surface area contributed by atoms with E-state index in [0.717, 1.165) is 45.4 Å². The third kappa shape index (κ3) is 3.52. The highest BCUT2D eigenvalue weighted by atomic mass is 16.6. The fraction of sp³-hybridized carbons (Fsp3) is 0.857. The Labute approximate surface area is 162 Å². The molecular formula is C21H33NO5. The quantitative estimate of drug-likeness (QED) is 0.542. The van der Waals surface area contributed by atoms with Crippen molar-refractivity contribution in [3.05, 3.63) is 12.2 Å². The van der Waals surface area contributed by atoms with Crippen LogP contribution in [0.15, 0.2) is 12.2 Å². The lowest BCUT2D eigenvalue weighted by Gasteiger charge is -2.42. The maximum absolute atomic E-state index is 12.5. The van der Waals surface area contributed by atoms with Gasteiger partial charge in [-0.1, -0.05) is 26.0 Å². The van der Waals surface area contributed by atoms with Crippen molar-refractivity contribution in [2.75, 3.05) is 26.8 Å². The SMILES string of the molecule is COC1C(OC(=O)N2CCCC2)CCC2(CO2)C1C1(C)OC1C=CC(C)C. The Hall–Kier alpha value is -1.11. The summed E-state index contributed by atoms with van der Waals surface area (Å²) in [6.07, 6.45) is 7.52. The predicted molar refractivity (Wildman–Crippen MR) is 101 cm³/mol. The van der Waals surface area contributed by atoms with Gasteiger partial charge in [-0.05, 0) is 38.5 Å². The second kappa shape index (κ2) is 7.05. The Morgan fingerprint density at radius 2 is 2.00 bits per heavy atom. The minimum Gasteiger partial charge on any atom is -0.443 e. The molecule has 3 heterocycles. The van der Waals surface area contributed by atoms with Crippen LogP contribution in [0, 0.1) is 11.8 Å². The van der Waals surface area contributed by atoms with E-state index >= 15 is 0 Å². The van der Waals surface area contributed by atoms with E-state index in [1.165, 1.54) is 0 Å². The molecule has 6 nitrogen and oxygen atoms in total. The van der Waals surface area contributed by atoms with Crippen LogP contribution in [0.25, 0.3) is 0 Å². The van der Waals surface area contributed by atoms with E-state index in [1.54, 1.807) is 7.11 Å². The number of hydrogen-bond donors (Lipinski definition) is 0. The van der Waals surface area contributed by atoms with E-state index in [1.807, 2.05) is 4.90 Å². The number of nitrogens with zero attached hydrogens (tertiary/aromatic N) is 1. The van der Waals surface area contributed by atoms with Crippen LogP contribution in [0.3, 0.4) is 0 Å². The Morgan fingerprint density at radius 3 is 2.59 bits per heavy atom. The first kappa shape index (κ1) is 19.2. The molecule has 0 aromatic heterocycles. The number of ether oxygens (including phenoxy) is 4. The van der Waals surface area contributed by atoms with E-state index in [4.69, 9.17) is 18.9 Å². The highest BCUT2D eigenvalue weighted by Gasteiger charge is 2.72. The molecule has 27 heavy (non-hydrogen) atoms. The van der Waals surface area contributed by atoms with E-state index in [0.29, 0.717) is 5.92 Å². The number of methoxy groups -OCH3 is 1. The number of allylic oxidation sites excluding steroid dienone is 1. The van der Waals surface area contributed by atoms with Gasteiger partial charge in [0.15, 0.2) is 0 Å². The van der Waals surface area contributed by atoms with Gasteiger partial charge in [0.2, 0.25) is 0 Å². The van der Waals surface area contributed by atoms with Crippen LogP contribution >= 0.6 is 0 Å². The largest absolute Gasteiger partial charge is 0.443 e. The highest BCUT2D eigenvalue weighted by Crippen LogP contribution is 2.59. The molecule has 4 aliphatic rings. The van der Waals surface area contributed by atoms with Crippen LogP contribution in [0.1, 0.15) is 46.5 Å². The van der Waals surface area contributed by atoms with Crippen molar-refractivity contribution in [3.8, 4) is 0 Å². The molecule has 3 aliphatic heterocycles. The molecule has 1 amide bonds. The Bertz CT molecular complexity index is 595. The third-order valence-electron chi connectivity index (χ3n) is 6.69. The van der Waals surface area contributed by atoms with Crippen LogP contribution < -0.4 is 0 Å². The van der Waals surface area contributed by atoms with Gasteiger partial charge in [0.1, 0.15) is 29.5 Å². The summed E-state index contributed by atoms with van der Waals surface area (Å²) in [4.78, 5) is 14.3. The van der Waals surface area contributed by atoms with Gasteiger partial charge in [-0.25, -0.2) is 4.79 Å². The zero-order chi connectivity index (χ0) is 19.2. The molecular weight excluding hydrogens is 346 g/mol. The molecule has 152 valence electrons. The van der Waals surface area contributed by atoms with Gasteiger partial charge < -0.3 is 23.8 Å². The van der Waals surface area contributed by atoms with Crippen LogP contribution in [0.4, 0.5) is 4.79 Å². The molecule has 3 saturated heterocycles. The number of amides is 1. The van der Waals surface area contributed by atoms with Crippen LogP contribution in [0.2, 0.25) is 0 Å². The average molecular weight is 379 g/mol. The number of carbonyl (C=O) groups excluding carboxylic acids is 1. The van der Waals surface area contributed by atoms with Gasteiger partial charge in [0, 0.05) is 20.2 Å². The number of epoxide rings is 2. The van der Waals surface area contributed by atoms with Gasteiger partial charge in [-0.15, -0.1) is 0 Å². The molecule has 6 heteroatoms. The molecule has 0 aromatic carbocycles. The Kier molecular flexibility index (Phi) is 5.02. The van der Waals surface area contributed by atoms with Gasteiger partial charge in [-0.2, -0.15) is 0 Å². The zero-order valence-corrected chi connectivity index (χ0v) is 17.0. The lowest BCUT2D eigenvalue weighted by Crippen LogP contribution is -2.56. The van der Waals surface area contributed by atoms with E-state index in [9.17, 15) is 4.79 Å². The maximum atomic E-state index is 12.5. The Balaban J connectivity index is 1.49. The van der Waals surface area contributed by atoms with Crippen molar-refractivity contribution in [2.24, 2.45) is 11.8 Å². The molecule has 6 atom stereocenters. The normalized spacial score (nSPS) is 43.7. The summed E-state index contributed by atoms with van der Waals surface area (Å²) in [5.74, 6) is 0.547. The first-order chi connectivity index (χ1) is 12.9. The van der Waals surface area contributed by atoms with E-state index < -0.39 is 0 Å². The number of rotatable bonds is 5. The van der Waals surface area contributed by atoms with Gasteiger partial charge in [0.25, 0.3) is 0 Å². The third-order valence-corrected chi connectivity index (χ3v) is 6.69. The number of carbonyl (C=O) groups is 1. The summed E-state index contributed by atoms with van der Waals surface area (Å²) in [5.41, 5.74) is -0.520. The molecule has 1 saturated carbocycles. The van der Waals surface area contributed by atoms with Gasteiger partial charge in [-0.3, -0.25) is 0 Å². The second-order valence-electron chi connectivity index (χ2n) is 9.04. The summed E-state index contributed by atoms with van der Waals surface area (Å²) in [6, 6.07) is 0. The van der Waals surface area contributed by atoms with E-state index in [2.05, 4.69) is 32.9 Å².